The first kappa shape index (κ1) is 25.1. The van der Waals surface area contributed by atoms with E-state index >= 15 is 0 Å². The van der Waals surface area contributed by atoms with E-state index in [1.165, 1.54) is 26.6 Å². The van der Waals surface area contributed by atoms with Crippen LogP contribution < -0.4 is 20.1 Å². The van der Waals surface area contributed by atoms with Crippen molar-refractivity contribution in [2.24, 2.45) is 0 Å². The highest BCUT2D eigenvalue weighted by Crippen LogP contribution is 2.47. The number of anilines is 1. The minimum Gasteiger partial charge on any atom is -0.495 e. The zero-order valence-corrected chi connectivity index (χ0v) is 21.6. The van der Waals surface area contributed by atoms with E-state index in [4.69, 9.17) is 37.4 Å². The number of rotatable bonds is 7. The molecule has 0 unspecified atom stereocenters. The van der Waals surface area contributed by atoms with E-state index in [1.807, 2.05) is 12.1 Å². The average Bonchev–Trinajstić information content (AvgIpc) is 3.41. The lowest BCUT2D eigenvalue weighted by Crippen LogP contribution is -2.52. The van der Waals surface area contributed by atoms with Crippen LogP contribution in [0.25, 0.3) is 27.7 Å². The summed E-state index contributed by atoms with van der Waals surface area (Å²) in [6.07, 6.45) is 5.14. The number of amides is 1. The fourth-order valence-corrected chi connectivity index (χ4v) is 5.15. The SMILES string of the molecule is C=CC(=O)N[C@@H]1COCC[C@@H]1Nc1cc2c(cn1)cc(-c1c(Cl)c(OC)cc(OC)c1Cl)c1ncnn12. The molecular formula is C25H24Cl2N6O4. The molecule has 1 amide bonds. The molecular weight excluding hydrogens is 519 g/mol. The molecule has 4 aromatic rings. The van der Waals surface area contributed by atoms with Crippen molar-refractivity contribution in [1.29, 1.82) is 0 Å². The first-order chi connectivity index (χ1) is 17.9. The smallest absolute Gasteiger partial charge is 0.243 e. The lowest BCUT2D eigenvalue weighted by atomic mass is 10.0. The van der Waals surface area contributed by atoms with Crippen LogP contribution >= 0.6 is 23.2 Å². The van der Waals surface area contributed by atoms with E-state index in [0.29, 0.717) is 63.8 Å². The number of fused-ring (bicyclic) bond motifs is 3. The molecule has 10 nitrogen and oxygen atoms in total. The largest absolute Gasteiger partial charge is 0.495 e. The molecule has 0 radical (unpaired) electrons. The van der Waals surface area contributed by atoms with Gasteiger partial charge in [0.25, 0.3) is 0 Å². The van der Waals surface area contributed by atoms with E-state index < -0.39 is 0 Å². The molecule has 192 valence electrons. The van der Waals surface area contributed by atoms with Gasteiger partial charge in [-0.1, -0.05) is 29.8 Å². The minimum atomic E-state index is -0.253. The number of ether oxygens (including phenoxy) is 3. The molecule has 1 saturated heterocycles. The number of hydrogen-bond donors (Lipinski definition) is 2. The van der Waals surface area contributed by atoms with Crippen molar-refractivity contribution < 1.29 is 19.0 Å². The van der Waals surface area contributed by atoms with Crippen molar-refractivity contribution in [1.82, 2.24) is 24.9 Å². The number of nitrogens with one attached hydrogen (secondary N) is 2. The van der Waals surface area contributed by atoms with Crippen molar-refractivity contribution in [2.45, 2.75) is 18.5 Å². The highest BCUT2D eigenvalue weighted by Gasteiger charge is 2.27. The second-order valence-electron chi connectivity index (χ2n) is 8.40. The highest BCUT2D eigenvalue weighted by molar-refractivity contribution is 6.41. The molecule has 5 rings (SSSR count). The lowest BCUT2D eigenvalue weighted by Gasteiger charge is -2.32. The molecule has 1 aliphatic heterocycles. The molecule has 1 aliphatic rings. The van der Waals surface area contributed by atoms with Crippen LogP contribution in [0.15, 0.2) is 43.4 Å². The maximum absolute atomic E-state index is 11.9. The number of carbonyl (C=O) groups is 1. The number of pyridine rings is 2. The number of hydrogen-bond acceptors (Lipinski definition) is 8. The summed E-state index contributed by atoms with van der Waals surface area (Å²) in [4.78, 5) is 21.0. The van der Waals surface area contributed by atoms with E-state index in [0.717, 1.165) is 10.9 Å². The first-order valence-electron chi connectivity index (χ1n) is 11.4. The summed E-state index contributed by atoms with van der Waals surface area (Å²) in [5.41, 5.74) is 2.49. The van der Waals surface area contributed by atoms with Gasteiger partial charge in [0.2, 0.25) is 5.91 Å². The Labute approximate surface area is 222 Å². The molecule has 2 atom stereocenters. The van der Waals surface area contributed by atoms with E-state index in [2.05, 4.69) is 32.3 Å². The Kier molecular flexibility index (Phi) is 7.05. The van der Waals surface area contributed by atoms with Crippen molar-refractivity contribution in [3.63, 3.8) is 0 Å². The number of carbonyl (C=O) groups excluding carboxylic acids is 1. The number of aromatic nitrogens is 4. The summed E-state index contributed by atoms with van der Waals surface area (Å²) < 4.78 is 18.1. The molecule has 4 heterocycles. The Morgan fingerprint density at radius 1 is 1.16 bits per heavy atom. The van der Waals surface area contributed by atoms with Crippen LogP contribution in [0.3, 0.4) is 0 Å². The molecule has 2 N–H and O–H groups in total. The van der Waals surface area contributed by atoms with Gasteiger partial charge in [-0.25, -0.2) is 14.5 Å². The average molecular weight is 543 g/mol. The molecule has 0 aliphatic carbocycles. The minimum absolute atomic E-state index is 0.0741. The molecule has 0 spiro atoms. The predicted molar refractivity (Wildman–Crippen MR) is 142 cm³/mol. The van der Waals surface area contributed by atoms with Gasteiger partial charge in [0.05, 0.1) is 48.5 Å². The Morgan fingerprint density at radius 3 is 2.62 bits per heavy atom. The van der Waals surface area contributed by atoms with Gasteiger partial charge >= 0.3 is 0 Å². The summed E-state index contributed by atoms with van der Waals surface area (Å²) in [5, 5.41) is 12.2. The Bertz CT molecular complexity index is 1480. The summed E-state index contributed by atoms with van der Waals surface area (Å²) in [7, 11) is 3.05. The van der Waals surface area contributed by atoms with E-state index in [-0.39, 0.29) is 18.0 Å². The molecule has 1 fully saturated rings. The standard InChI is InChI=1S/C25H24Cl2N6O4/c1-4-21(34)32-16-11-37-6-5-15(16)31-20-8-17-13(10-28-20)7-14(25-29-12-30-33(17)25)22-23(26)18(35-2)9-19(36-3)24(22)27/h4,7-10,12,15-16H,1,5-6,11H2,2-3H3,(H,28,31)(H,32,34)/t15-,16+/m0/s1. The van der Waals surface area contributed by atoms with Crippen molar-refractivity contribution in [3.05, 3.63) is 53.4 Å². The fraction of sp³-hybridized carbons (Fsp3) is 0.280. The molecule has 37 heavy (non-hydrogen) atoms. The Morgan fingerprint density at radius 2 is 1.92 bits per heavy atom. The molecule has 0 bridgehead atoms. The third-order valence-electron chi connectivity index (χ3n) is 6.27. The molecule has 12 heteroatoms. The third-order valence-corrected chi connectivity index (χ3v) is 7.02. The van der Waals surface area contributed by atoms with Crippen molar-refractivity contribution in [2.75, 3.05) is 32.8 Å². The summed E-state index contributed by atoms with van der Waals surface area (Å²) in [5.74, 6) is 1.21. The molecule has 0 saturated carbocycles. The van der Waals surface area contributed by atoms with E-state index in [9.17, 15) is 4.79 Å². The van der Waals surface area contributed by atoms with Gasteiger partial charge in [0, 0.05) is 41.4 Å². The van der Waals surface area contributed by atoms with Gasteiger partial charge in [-0.2, -0.15) is 5.10 Å². The first-order valence-corrected chi connectivity index (χ1v) is 12.2. The van der Waals surface area contributed by atoms with Crippen LogP contribution in [0, 0.1) is 0 Å². The molecule has 1 aromatic carbocycles. The second-order valence-corrected chi connectivity index (χ2v) is 9.16. The number of halogens is 2. The van der Waals surface area contributed by atoms with Gasteiger partial charge in [0.15, 0.2) is 5.65 Å². The predicted octanol–water partition coefficient (Wildman–Crippen LogP) is 4.14. The van der Waals surface area contributed by atoms with Gasteiger partial charge in [-0.15, -0.1) is 0 Å². The van der Waals surface area contributed by atoms with E-state index in [1.54, 1.807) is 16.8 Å². The topological polar surface area (TPSA) is 112 Å². The van der Waals surface area contributed by atoms with Crippen molar-refractivity contribution >= 4 is 51.5 Å². The Balaban J connectivity index is 1.58. The maximum Gasteiger partial charge on any atom is 0.243 e. The monoisotopic (exact) mass is 542 g/mol. The number of nitrogens with zero attached hydrogens (tertiary/aromatic N) is 4. The summed E-state index contributed by atoms with van der Waals surface area (Å²) >= 11 is 13.4. The van der Waals surface area contributed by atoms with Gasteiger partial charge in [-0.3, -0.25) is 4.79 Å². The van der Waals surface area contributed by atoms with Crippen molar-refractivity contribution in [3.8, 4) is 22.6 Å². The van der Waals surface area contributed by atoms with Gasteiger partial charge < -0.3 is 24.8 Å². The summed E-state index contributed by atoms with van der Waals surface area (Å²) in [6.45, 7) is 4.49. The highest BCUT2D eigenvalue weighted by atomic mass is 35.5. The van der Waals surface area contributed by atoms with Crippen LogP contribution in [0.5, 0.6) is 11.5 Å². The van der Waals surface area contributed by atoms with Crippen LogP contribution in [-0.4, -0.2) is 65.0 Å². The lowest BCUT2D eigenvalue weighted by molar-refractivity contribution is -0.118. The van der Waals surface area contributed by atoms with Crippen LogP contribution in [0.4, 0.5) is 5.82 Å². The molecule has 3 aromatic heterocycles. The quantitative estimate of drug-likeness (QED) is 0.335. The Hall–Kier alpha value is -3.60. The summed E-state index contributed by atoms with van der Waals surface area (Å²) in [6, 6.07) is 5.13. The number of benzene rings is 1. The fourth-order valence-electron chi connectivity index (χ4n) is 4.44. The number of methoxy groups -OCH3 is 2. The van der Waals surface area contributed by atoms with Gasteiger partial charge in [0.1, 0.15) is 23.6 Å². The third kappa shape index (κ3) is 4.63. The second kappa shape index (κ2) is 10.4. The van der Waals surface area contributed by atoms with Crippen LogP contribution in [0.1, 0.15) is 6.42 Å². The maximum atomic E-state index is 11.9. The van der Waals surface area contributed by atoms with Gasteiger partial charge in [-0.05, 0) is 18.6 Å². The zero-order chi connectivity index (χ0) is 26.1. The van der Waals surface area contributed by atoms with Crippen LogP contribution in [-0.2, 0) is 9.53 Å². The zero-order valence-electron chi connectivity index (χ0n) is 20.1. The normalized spacial score (nSPS) is 17.5. The van der Waals surface area contributed by atoms with Crippen LogP contribution in [0.2, 0.25) is 10.0 Å².